The number of aromatic hydroxyl groups is 1. The van der Waals surface area contributed by atoms with Crippen LogP contribution in [0.3, 0.4) is 0 Å². The Morgan fingerprint density at radius 3 is 3.00 bits per heavy atom. The minimum absolute atomic E-state index is 0.333. The molecule has 0 unspecified atom stereocenters. The van der Waals surface area contributed by atoms with E-state index in [4.69, 9.17) is 10.5 Å². The molecule has 0 saturated carbocycles. The van der Waals surface area contributed by atoms with Crippen LogP contribution in [0.1, 0.15) is 5.56 Å². The summed E-state index contributed by atoms with van der Waals surface area (Å²) in [5, 5.41) is 11.8. The largest absolute Gasteiger partial charge is 0.507 e. The van der Waals surface area contributed by atoms with E-state index in [9.17, 15) is 5.11 Å². The lowest BCUT2D eigenvalue weighted by molar-refractivity contribution is 0.357. The topological polar surface area (TPSA) is 55.5 Å². The molecule has 76 valence electrons. The first-order valence-electron chi connectivity index (χ1n) is 4.92. The van der Waals surface area contributed by atoms with Gasteiger partial charge in [-0.2, -0.15) is 0 Å². The number of anilines is 1. The molecule has 0 bridgehead atoms. The summed E-state index contributed by atoms with van der Waals surface area (Å²) in [7, 11) is 0. The number of ether oxygens (including phenoxy) is 1. The van der Waals surface area contributed by atoms with Crippen LogP contribution in [0.4, 0.5) is 5.69 Å². The maximum Gasteiger partial charge on any atom is 0.130 e. The van der Waals surface area contributed by atoms with Crippen LogP contribution in [-0.4, -0.2) is 11.7 Å². The summed E-state index contributed by atoms with van der Waals surface area (Å²) < 4.78 is 5.43. The molecule has 0 aliphatic carbocycles. The molecule has 15 heavy (non-hydrogen) atoms. The lowest BCUT2D eigenvalue weighted by atomic mass is 10.0. The third-order valence-electron chi connectivity index (χ3n) is 2.81. The van der Waals surface area contributed by atoms with E-state index in [0.29, 0.717) is 18.0 Å². The second kappa shape index (κ2) is 2.79. The Bertz CT molecular complexity index is 549. The quantitative estimate of drug-likeness (QED) is 0.641. The summed E-state index contributed by atoms with van der Waals surface area (Å²) in [5.74, 6) is 1.12. The first-order chi connectivity index (χ1) is 7.25. The van der Waals surface area contributed by atoms with Gasteiger partial charge in [0.25, 0.3) is 0 Å². The predicted molar refractivity (Wildman–Crippen MR) is 59.2 cm³/mol. The van der Waals surface area contributed by atoms with Gasteiger partial charge in [-0.05, 0) is 29.7 Å². The summed E-state index contributed by atoms with van der Waals surface area (Å²) in [6.45, 7) is 0.648. The molecule has 0 aromatic heterocycles. The molecule has 0 spiro atoms. The molecule has 0 amide bonds. The molecule has 1 aliphatic heterocycles. The molecular formula is C12H11NO2. The van der Waals surface area contributed by atoms with E-state index in [1.165, 1.54) is 0 Å². The zero-order valence-electron chi connectivity index (χ0n) is 8.16. The molecular weight excluding hydrogens is 190 g/mol. The van der Waals surface area contributed by atoms with Crippen molar-refractivity contribution in [2.45, 2.75) is 6.42 Å². The number of nitrogens with two attached hydrogens (primary N) is 1. The maximum atomic E-state index is 10.0. The van der Waals surface area contributed by atoms with E-state index in [1.54, 1.807) is 6.07 Å². The number of fused-ring (bicyclic) bond motifs is 2. The Hall–Kier alpha value is -1.90. The van der Waals surface area contributed by atoms with E-state index in [1.807, 2.05) is 18.2 Å². The second-order valence-corrected chi connectivity index (χ2v) is 3.78. The molecule has 3 rings (SSSR count). The van der Waals surface area contributed by atoms with E-state index < -0.39 is 0 Å². The van der Waals surface area contributed by atoms with Crippen molar-refractivity contribution in [2.24, 2.45) is 0 Å². The number of phenols is 1. The summed E-state index contributed by atoms with van der Waals surface area (Å²) in [5.41, 5.74) is 7.30. The van der Waals surface area contributed by atoms with E-state index in [0.717, 1.165) is 28.5 Å². The summed E-state index contributed by atoms with van der Waals surface area (Å²) in [6.07, 6.45) is 0.779. The fourth-order valence-electron chi connectivity index (χ4n) is 2.06. The second-order valence-electron chi connectivity index (χ2n) is 3.78. The van der Waals surface area contributed by atoms with Gasteiger partial charge in [0.15, 0.2) is 0 Å². The molecule has 3 N–H and O–H groups in total. The van der Waals surface area contributed by atoms with Gasteiger partial charge in [-0.1, -0.05) is 0 Å². The molecule has 1 heterocycles. The highest BCUT2D eigenvalue weighted by Gasteiger charge is 2.18. The number of phenolic OH excluding ortho intramolecular Hbond substituents is 1. The molecule has 0 radical (unpaired) electrons. The van der Waals surface area contributed by atoms with Crippen LogP contribution in [0.5, 0.6) is 11.5 Å². The van der Waals surface area contributed by atoms with Gasteiger partial charge in [0.2, 0.25) is 0 Å². The Morgan fingerprint density at radius 2 is 2.13 bits per heavy atom. The first-order valence-corrected chi connectivity index (χ1v) is 4.92. The van der Waals surface area contributed by atoms with Crippen LogP contribution in [0, 0.1) is 0 Å². The summed E-state index contributed by atoms with van der Waals surface area (Å²) >= 11 is 0. The van der Waals surface area contributed by atoms with Crippen molar-refractivity contribution < 1.29 is 9.84 Å². The average molecular weight is 201 g/mol. The standard InChI is InChI=1S/C12H11NO2/c13-8-1-2-9-7(5-8)6-11-10(12(9)14)3-4-15-11/h1-2,5-6,14H,3-4,13H2. The van der Waals surface area contributed by atoms with Crippen molar-refractivity contribution in [2.75, 3.05) is 12.3 Å². The van der Waals surface area contributed by atoms with Crippen LogP contribution < -0.4 is 10.5 Å². The van der Waals surface area contributed by atoms with Crippen molar-refractivity contribution in [3.05, 3.63) is 29.8 Å². The fraction of sp³-hybridized carbons (Fsp3) is 0.167. The van der Waals surface area contributed by atoms with Crippen molar-refractivity contribution in [1.29, 1.82) is 0 Å². The van der Waals surface area contributed by atoms with Crippen LogP contribution >= 0.6 is 0 Å². The number of nitrogen functional groups attached to an aromatic ring is 1. The van der Waals surface area contributed by atoms with Gasteiger partial charge in [0, 0.05) is 23.1 Å². The van der Waals surface area contributed by atoms with Gasteiger partial charge in [-0.3, -0.25) is 0 Å². The minimum Gasteiger partial charge on any atom is -0.507 e. The van der Waals surface area contributed by atoms with Crippen molar-refractivity contribution in [1.82, 2.24) is 0 Å². The highest BCUT2D eigenvalue weighted by molar-refractivity contribution is 5.93. The fourth-order valence-corrected chi connectivity index (χ4v) is 2.06. The SMILES string of the molecule is Nc1ccc2c(O)c3c(cc2c1)OCC3. The lowest BCUT2D eigenvalue weighted by Crippen LogP contribution is -1.86. The molecule has 3 heteroatoms. The zero-order chi connectivity index (χ0) is 10.4. The van der Waals surface area contributed by atoms with Crippen LogP contribution in [-0.2, 0) is 6.42 Å². The maximum absolute atomic E-state index is 10.0. The van der Waals surface area contributed by atoms with E-state index in [-0.39, 0.29) is 0 Å². The molecule has 3 nitrogen and oxygen atoms in total. The Kier molecular flexibility index (Phi) is 1.57. The van der Waals surface area contributed by atoms with Gasteiger partial charge in [-0.25, -0.2) is 0 Å². The van der Waals surface area contributed by atoms with Gasteiger partial charge in [0.1, 0.15) is 11.5 Å². The van der Waals surface area contributed by atoms with Crippen LogP contribution in [0.25, 0.3) is 10.8 Å². The Labute approximate surface area is 87.1 Å². The first kappa shape index (κ1) is 8.41. The Morgan fingerprint density at radius 1 is 1.27 bits per heavy atom. The molecule has 0 fully saturated rings. The van der Waals surface area contributed by atoms with Gasteiger partial charge in [0.05, 0.1) is 6.61 Å². The van der Waals surface area contributed by atoms with Crippen molar-refractivity contribution >= 4 is 16.5 Å². The smallest absolute Gasteiger partial charge is 0.130 e. The van der Waals surface area contributed by atoms with Gasteiger partial charge < -0.3 is 15.6 Å². The van der Waals surface area contributed by atoms with Gasteiger partial charge in [-0.15, -0.1) is 0 Å². The van der Waals surface area contributed by atoms with Crippen LogP contribution in [0.2, 0.25) is 0 Å². The Balaban J connectivity index is 2.41. The lowest BCUT2D eigenvalue weighted by Gasteiger charge is -2.07. The summed E-state index contributed by atoms with van der Waals surface area (Å²) in [6, 6.07) is 7.42. The number of hydrogen-bond acceptors (Lipinski definition) is 3. The monoisotopic (exact) mass is 201 g/mol. The zero-order valence-corrected chi connectivity index (χ0v) is 8.16. The molecule has 2 aromatic carbocycles. The number of rotatable bonds is 0. The normalized spacial score (nSPS) is 13.9. The predicted octanol–water partition coefficient (Wildman–Crippen LogP) is 2.06. The molecule has 0 saturated heterocycles. The molecule has 1 aliphatic rings. The third kappa shape index (κ3) is 1.13. The highest BCUT2D eigenvalue weighted by atomic mass is 16.5. The number of benzene rings is 2. The van der Waals surface area contributed by atoms with Gasteiger partial charge >= 0.3 is 0 Å². The average Bonchev–Trinajstić information content (AvgIpc) is 2.65. The molecule has 0 atom stereocenters. The summed E-state index contributed by atoms with van der Waals surface area (Å²) in [4.78, 5) is 0. The number of hydrogen-bond donors (Lipinski definition) is 2. The molecule has 2 aromatic rings. The van der Waals surface area contributed by atoms with E-state index >= 15 is 0 Å². The van der Waals surface area contributed by atoms with Crippen LogP contribution in [0.15, 0.2) is 24.3 Å². The van der Waals surface area contributed by atoms with Crippen molar-refractivity contribution in [3.8, 4) is 11.5 Å². The third-order valence-corrected chi connectivity index (χ3v) is 2.81. The van der Waals surface area contributed by atoms with Crippen molar-refractivity contribution in [3.63, 3.8) is 0 Å². The minimum atomic E-state index is 0.333. The van der Waals surface area contributed by atoms with E-state index in [2.05, 4.69) is 0 Å². The highest BCUT2D eigenvalue weighted by Crippen LogP contribution is 2.39.